The number of urea groups is 1. The van der Waals surface area contributed by atoms with Crippen molar-refractivity contribution < 1.29 is 48.3 Å². The molecule has 1 aliphatic heterocycles. The molecule has 14 heteroatoms. The monoisotopic (exact) mass is 586 g/mol. The van der Waals surface area contributed by atoms with Gasteiger partial charge in [0.05, 0.1) is 38.2 Å². The van der Waals surface area contributed by atoms with Crippen LogP contribution in [0.3, 0.4) is 0 Å². The number of carboxylic acids is 1. The lowest BCUT2D eigenvalue weighted by Gasteiger charge is -2.28. The van der Waals surface area contributed by atoms with E-state index >= 15 is 0 Å². The molecule has 0 saturated carbocycles. The second-order valence-corrected chi connectivity index (χ2v) is 8.74. The number of hydrogen-bond donors (Lipinski definition) is 5. The number of esters is 1. The summed E-state index contributed by atoms with van der Waals surface area (Å²) < 4.78 is 27.1. The van der Waals surface area contributed by atoms with Gasteiger partial charge in [-0.1, -0.05) is 6.07 Å². The fourth-order valence-corrected chi connectivity index (χ4v) is 3.95. The van der Waals surface area contributed by atoms with Crippen LogP contribution >= 0.6 is 0 Å². The van der Waals surface area contributed by atoms with Crippen molar-refractivity contribution in [1.82, 2.24) is 16.1 Å². The standard InChI is InChI=1S/C28H34N4O10/c1-5-39-21-11-17(7-9-19(21)42-15-24(34)35)13-29-32-23(33)14-41-20-10-8-18(12-22(20)40-6-2)26-25(27(36)38-4)16(3)30-28(37)31-26/h7-13,23,26,32-33H,5-6,14-15H2,1-4H3,(H,34,35)(H2,30,31,37)/b29-13-/t23-,26-/m0/s1. The van der Waals surface area contributed by atoms with E-state index in [9.17, 15) is 19.5 Å². The van der Waals surface area contributed by atoms with Crippen LogP contribution in [0.2, 0.25) is 0 Å². The fraction of sp³-hybridized carbons (Fsp3) is 0.357. The zero-order valence-corrected chi connectivity index (χ0v) is 23.6. The van der Waals surface area contributed by atoms with Crippen LogP contribution in [-0.4, -0.2) is 74.2 Å². The third-order valence-electron chi connectivity index (χ3n) is 5.73. The van der Waals surface area contributed by atoms with Gasteiger partial charge in [-0.05, 0) is 62.2 Å². The average molecular weight is 587 g/mol. The lowest BCUT2D eigenvalue weighted by Crippen LogP contribution is -2.45. The Morgan fingerprint density at radius 3 is 2.36 bits per heavy atom. The van der Waals surface area contributed by atoms with Gasteiger partial charge in [0.2, 0.25) is 0 Å². The van der Waals surface area contributed by atoms with E-state index in [4.69, 9.17) is 28.8 Å². The zero-order chi connectivity index (χ0) is 30.6. The van der Waals surface area contributed by atoms with Crippen molar-refractivity contribution in [3.8, 4) is 23.0 Å². The predicted octanol–water partition coefficient (Wildman–Crippen LogP) is 2.07. The van der Waals surface area contributed by atoms with E-state index in [0.717, 1.165) is 0 Å². The lowest BCUT2D eigenvalue weighted by molar-refractivity contribution is -0.139. The molecular formula is C28H34N4O10. The van der Waals surface area contributed by atoms with E-state index in [-0.39, 0.29) is 17.9 Å². The zero-order valence-electron chi connectivity index (χ0n) is 23.6. The van der Waals surface area contributed by atoms with E-state index in [1.54, 1.807) is 57.2 Å². The smallest absolute Gasteiger partial charge is 0.341 e. The summed E-state index contributed by atoms with van der Waals surface area (Å²) in [6.45, 7) is 5.14. The van der Waals surface area contributed by atoms with E-state index in [1.165, 1.54) is 13.3 Å². The van der Waals surface area contributed by atoms with Crippen molar-refractivity contribution in [2.45, 2.75) is 33.0 Å². The number of allylic oxidation sites excluding steroid dienone is 1. The number of carbonyl (C=O) groups is 3. The van der Waals surface area contributed by atoms with Crippen molar-refractivity contribution >= 4 is 24.2 Å². The Bertz CT molecular complexity index is 1340. The number of hydrazone groups is 1. The Labute approximate surface area is 242 Å². The number of aliphatic hydroxyl groups is 1. The van der Waals surface area contributed by atoms with Crippen LogP contribution in [0, 0.1) is 0 Å². The topological polar surface area (TPSA) is 186 Å². The normalized spacial score (nSPS) is 15.4. The van der Waals surface area contributed by atoms with Crippen LogP contribution in [0.25, 0.3) is 0 Å². The number of aliphatic carboxylic acids is 1. The first-order chi connectivity index (χ1) is 20.2. The van der Waals surface area contributed by atoms with Crippen molar-refractivity contribution in [3.63, 3.8) is 0 Å². The number of rotatable bonds is 15. The average Bonchev–Trinajstić information content (AvgIpc) is 2.95. The molecule has 5 N–H and O–H groups in total. The second kappa shape index (κ2) is 15.1. The van der Waals surface area contributed by atoms with Gasteiger partial charge in [-0.15, -0.1) is 0 Å². The molecule has 2 aromatic rings. The fourth-order valence-electron chi connectivity index (χ4n) is 3.95. The third kappa shape index (κ3) is 8.51. The number of aliphatic hydroxyl groups excluding tert-OH is 1. The minimum absolute atomic E-state index is 0.195. The highest BCUT2D eigenvalue weighted by atomic mass is 16.5. The maximum Gasteiger partial charge on any atom is 0.341 e. The molecular weight excluding hydrogens is 552 g/mol. The first kappa shape index (κ1) is 31.5. The quantitative estimate of drug-likeness (QED) is 0.0890. The molecule has 0 aliphatic carbocycles. The van der Waals surface area contributed by atoms with Crippen LogP contribution in [0.1, 0.15) is 37.9 Å². The van der Waals surface area contributed by atoms with Gasteiger partial charge < -0.3 is 44.5 Å². The Kier molecular flexibility index (Phi) is 11.4. The molecule has 1 aliphatic rings. The highest BCUT2D eigenvalue weighted by Gasteiger charge is 2.32. The van der Waals surface area contributed by atoms with Crippen molar-refractivity contribution in [2.24, 2.45) is 5.10 Å². The summed E-state index contributed by atoms with van der Waals surface area (Å²) in [5.74, 6) is -0.396. The van der Waals surface area contributed by atoms with Gasteiger partial charge >= 0.3 is 18.0 Å². The van der Waals surface area contributed by atoms with Crippen LogP contribution in [0.5, 0.6) is 23.0 Å². The molecule has 2 atom stereocenters. The number of amides is 2. The summed E-state index contributed by atoms with van der Waals surface area (Å²) in [5, 5.41) is 28.5. The molecule has 42 heavy (non-hydrogen) atoms. The largest absolute Gasteiger partial charge is 0.490 e. The summed E-state index contributed by atoms with van der Waals surface area (Å²) in [5.41, 5.74) is 4.35. The maximum atomic E-state index is 12.4. The number of benzene rings is 2. The molecule has 3 rings (SSSR count). The summed E-state index contributed by atoms with van der Waals surface area (Å²) in [7, 11) is 1.26. The predicted molar refractivity (Wildman–Crippen MR) is 150 cm³/mol. The van der Waals surface area contributed by atoms with Gasteiger partial charge in [0, 0.05) is 5.70 Å². The number of carbonyl (C=O) groups excluding carboxylic acids is 2. The first-order valence-corrected chi connectivity index (χ1v) is 13.0. The molecule has 0 aromatic heterocycles. The number of ether oxygens (including phenoxy) is 5. The number of hydrogen-bond acceptors (Lipinski definition) is 11. The third-order valence-corrected chi connectivity index (χ3v) is 5.73. The summed E-state index contributed by atoms with van der Waals surface area (Å²) >= 11 is 0. The SMILES string of the molecule is CCOc1cc(/C=N\N[C@@H](O)COc2ccc([C@@H]3NC(=O)NC(C)=C3C(=O)OC)cc2OCC)ccc1OCC(=O)O. The van der Waals surface area contributed by atoms with Crippen molar-refractivity contribution in [2.75, 3.05) is 33.5 Å². The van der Waals surface area contributed by atoms with Crippen LogP contribution < -0.4 is 35.0 Å². The van der Waals surface area contributed by atoms with Gasteiger partial charge in [-0.3, -0.25) is 5.43 Å². The summed E-state index contributed by atoms with van der Waals surface area (Å²) in [6, 6.07) is 8.52. The van der Waals surface area contributed by atoms with Crippen molar-refractivity contribution in [1.29, 1.82) is 0 Å². The van der Waals surface area contributed by atoms with Crippen LogP contribution in [0.4, 0.5) is 4.79 Å². The van der Waals surface area contributed by atoms with Gasteiger partial charge in [0.1, 0.15) is 6.61 Å². The number of methoxy groups -OCH3 is 1. The molecule has 0 spiro atoms. The molecule has 0 unspecified atom stereocenters. The summed E-state index contributed by atoms with van der Waals surface area (Å²) in [6.07, 6.45) is 0.245. The molecule has 2 aromatic carbocycles. The molecule has 0 fully saturated rings. The molecule has 226 valence electrons. The van der Waals surface area contributed by atoms with Gasteiger partial charge in [0.15, 0.2) is 35.8 Å². The second-order valence-electron chi connectivity index (χ2n) is 8.74. The maximum absolute atomic E-state index is 12.4. The highest BCUT2D eigenvalue weighted by molar-refractivity contribution is 5.95. The Balaban J connectivity index is 1.66. The number of nitrogens with zero attached hydrogens (tertiary/aromatic N) is 1. The highest BCUT2D eigenvalue weighted by Crippen LogP contribution is 2.35. The molecule has 0 bridgehead atoms. The Morgan fingerprint density at radius 2 is 1.69 bits per heavy atom. The first-order valence-electron chi connectivity index (χ1n) is 13.0. The van der Waals surface area contributed by atoms with Gasteiger partial charge in [-0.2, -0.15) is 5.10 Å². The van der Waals surface area contributed by atoms with E-state index in [2.05, 4.69) is 21.2 Å². The van der Waals surface area contributed by atoms with E-state index in [0.29, 0.717) is 47.3 Å². The van der Waals surface area contributed by atoms with Gasteiger partial charge in [0.25, 0.3) is 0 Å². The number of carboxylic acid groups (broad SMARTS) is 1. The summed E-state index contributed by atoms with van der Waals surface area (Å²) in [4.78, 5) is 35.3. The molecule has 14 nitrogen and oxygen atoms in total. The molecule has 1 heterocycles. The van der Waals surface area contributed by atoms with Crippen LogP contribution in [0.15, 0.2) is 52.8 Å². The van der Waals surface area contributed by atoms with Crippen LogP contribution in [-0.2, 0) is 14.3 Å². The lowest BCUT2D eigenvalue weighted by atomic mass is 9.95. The molecule has 0 radical (unpaired) electrons. The van der Waals surface area contributed by atoms with E-state index in [1.807, 2.05) is 0 Å². The van der Waals surface area contributed by atoms with Crippen molar-refractivity contribution in [3.05, 3.63) is 58.8 Å². The molecule has 0 saturated heterocycles. The molecule has 2 amide bonds. The Morgan fingerprint density at radius 1 is 1.02 bits per heavy atom. The van der Waals surface area contributed by atoms with Gasteiger partial charge in [-0.25, -0.2) is 14.4 Å². The Hall–Kier alpha value is -4.98. The minimum Gasteiger partial charge on any atom is -0.490 e. The minimum atomic E-state index is -1.19. The van der Waals surface area contributed by atoms with E-state index < -0.39 is 36.8 Å². The number of nitrogens with one attached hydrogen (secondary N) is 3.